The van der Waals surface area contributed by atoms with Gasteiger partial charge in [-0.3, -0.25) is 4.79 Å². The van der Waals surface area contributed by atoms with Crippen LogP contribution in [0.4, 0.5) is 5.69 Å². The molecule has 1 aliphatic heterocycles. The number of carbonyl (C=O) groups excluding carboxylic acids is 1. The Labute approximate surface area is 125 Å². The van der Waals surface area contributed by atoms with E-state index in [1.807, 2.05) is 19.1 Å². The summed E-state index contributed by atoms with van der Waals surface area (Å²) in [7, 11) is -1.86. The maximum Gasteiger partial charge on any atom is 0.245 e. The average Bonchev–Trinajstić information content (AvgIpc) is 2.45. The fraction of sp³-hybridized carbons (Fsp3) is 0.533. The average molecular weight is 311 g/mol. The Balaban J connectivity index is 2.52. The Morgan fingerprint density at radius 3 is 2.62 bits per heavy atom. The molecule has 0 bridgehead atoms. The first kappa shape index (κ1) is 15.8. The highest BCUT2D eigenvalue weighted by atomic mass is 32.2. The Morgan fingerprint density at radius 2 is 2.05 bits per heavy atom. The first-order valence-electron chi connectivity index (χ1n) is 6.94. The SMILES string of the molecule is COc1ccc(C)c2c1N(C(=O)C(C)S(C)(=O)=O)CCC2. The molecule has 1 amide bonds. The number of benzene rings is 1. The number of aryl methyl sites for hydroxylation is 1. The van der Waals surface area contributed by atoms with Crippen LogP contribution in [0.2, 0.25) is 0 Å². The molecule has 5 nitrogen and oxygen atoms in total. The second kappa shape index (κ2) is 5.67. The van der Waals surface area contributed by atoms with Crippen LogP contribution in [-0.2, 0) is 21.1 Å². The molecule has 1 aromatic rings. The topological polar surface area (TPSA) is 63.7 Å². The van der Waals surface area contributed by atoms with Crippen molar-refractivity contribution in [2.75, 3.05) is 24.8 Å². The van der Waals surface area contributed by atoms with Gasteiger partial charge in [-0.15, -0.1) is 0 Å². The highest BCUT2D eigenvalue weighted by molar-refractivity contribution is 7.92. The van der Waals surface area contributed by atoms with Gasteiger partial charge in [0.15, 0.2) is 9.84 Å². The second-order valence-corrected chi connectivity index (χ2v) is 7.84. The van der Waals surface area contributed by atoms with Crippen LogP contribution in [0.1, 0.15) is 24.5 Å². The molecule has 6 heteroatoms. The lowest BCUT2D eigenvalue weighted by Crippen LogP contribution is -2.44. The number of nitrogens with zero attached hydrogens (tertiary/aromatic N) is 1. The molecule has 1 aliphatic rings. The van der Waals surface area contributed by atoms with Crippen molar-refractivity contribution in [2.24, 2.45) is 0 Å². The quantitative estimate of drug-likeness (QED) is 0.852. The van der Waals surface area contributed by atoms with Crippen molar-refractivity contribution in [2.45, 2.75) is 31.9 Å². The van der Waals surface area contributed by atoms with E-state index in [-0.39, 0.29) is 5.91 Å². The fourth-order valence-corrected chi connectivity index (χ4v) is 3.13. The minimum absolute atomic E-state index is 0.387. The minimum Gasteiger partial charge on any atom is -0.495 e. The van der Waals surface area contributed by atoms with Gasteiger partial charge in [0.2, 0.25) is 5.91 Å². The molecule has 1 aromatic carbocycles. The van der Waals surface area contributed by atoms with Crippen molar-refractivity contribution in [3.05, 3.63) is 23.3 Å². The molecule has 2 rings (SSSR count). The van der Waals surface area contributed by atoms with Gasteiger partial charge in [-0.2, -0.15) is 0 Å². The molecule has 0 saturated heterocycles. The summed E-state index contributed by atoms with van der Waals surface area (Å²) >= 11 is 0. The molecule has 0 radical (unpaired) electrons. The van der Waals surface area contributed by atoms with Gasteiger partial charge in [0.1, 0.15) is 11.0 Å². The molecule has 116 valence electrons. The largest absolute Gasteiger partial charge is 0.495 e. The van der Waals surface area contributed by atoms with Crippen molar-refractivity contribution in [1.82, 2.24) is 0 Å². The van der Waals surface area contributed by atoms with Crippen molar-refractivity contribution in [3.63, 3.8) is 0 Å². The van der Waals surface area contributed by atoms with E-state index in [1.54, 1.807) is 12.0 Å². The van der Waals surface area contributed by atoms with Crippen LogP contribution in [0, 0.1) is 6.92 Å². The maximum atomic E-state index is 12.6. The summed E-state index contributed by atoms with van der Waals surface area (Å²) in [4.78, 5) is 14.1. The van der Waals surface area contributed by atoms with Crippen LogP contribution in [0.3, 0.4) is 0 Å². The summed E-state index contributed by atoms with van der Waals surface area (Å²) in [5, 5.41) is -1.05. The zero-order valence-electron chi connectivity index (χ0n) is 12.8. The zero-order valence-corrected chi connectivity index (χ0v) is 13.7. The Bertz CT molecular complexity index is 666. The van der Waals surface area contributed by atoms with Gasteiger partial charge >= 0.3 is 0 Å². The Kier molecular flexibility index (Phi) is 4.27. The number of fused-ring (bicyclic) bond motifs is 1. The molecule has 1 heterocycles. The standard InChI is InChI=1S/C15H21NO4S/c1-10-7-8-13(20-3)14-12(10)6-5-9-16(14)15(17)11(2)21(4,18)19/h7-8,11H,5-6,9H2,1-4H3. The number of carbonyl (C=O) groups is 1. The summed E-state index contributed by atoms with van der Waals surface area (Å²) in [6, 6.07) is 3.79. The predicted octanol–water partition coefficient (Wildman–Crippen LogP) is 1.72. The number of methoxy groups -OCH3 is 1. The Morgan fingerprint density at radius 1 is 1.38 bits per heavy atom. The maximum absolute atomic E-state index is 12.6. The smallest absolute Gasteiger partial charge is 0.245 e. The number of sulfone groups is 1. The van der Waals surface area contributed by atoms with E-state index in [0.29, 0.717) is 12.3 Å². The Hall–Kier alpha value is -1.56. The predicted molar refractivity (Wildman–Crippen MR) is 82.7 cm³/mol. The van der Waals surface area contributed by atoms with Crippen molar-refractivity contribution < 1.29 is 17.9 Å². The van der Waals surface area contributed by atoms with E-state index >= 15 is 0 Å². The van der Waals surface area contributed by atoms with E-state index < -0.39 is 15.1 Å². The summed E-state index contributed by atoms with van der Waals surface area (Å²) in [6.07, 6.45) is 2.78. The molecule has 21 heavy (non-hydrogen) atoms. The normalized spacial score (nSPS) is 16.3. The third-order valence-electron chi connectivity index (χ3n) is 4.03. The first-order valence-corrected chi connectivity index (χ1v) is 8.89. The van der Waals surface area contributed by atoms with Crippen LogP contribution >= 0.6 is 0 Å². The van der Waals surface area contributed by atoms with Gasteiger partial charge in [-0.25, -0.2) is 8.42 Å². The molecule has 1 unspecified atom stereocenters. The van der Waals surface area contributed by atoms with Crippen LogP contribution in [-0.4, -0.2) is 39.5 Å². The third-order valence-corrected chi connectivity index (χ3v) is 5.52. The van der Waals surface area contributed by atoms with Gasteiger partial charge < -0.3 is 9.64 Å². The van der Waals surface area contributed by atoms with E-state index in [4.69, 9.17) is 4.74 Å². The van der Waals surface area contributed by atoms with E-state index in [2.05, 4.69) is 0 Å². The van der Waals surface area contributed by atoms with Gasteiger partial charge in [-0.05, 0) is 43.9 Å². The number of hydrogen-bond donors (Lipinski definition) is 0. The van der Waals surface area contributed by atoms with Gasteiger partial charge in [0.05, 0.1) is 12.8 Å². The van der Waals surface area contributed by atoms with Gasteiger partial charge in [-0.1, -0.05) is 6.07 Å². The van der Waals surface area contributed by atoms with Crippen molar-refractivity contribution in [1.29, 1.82) is 0 Å². The zero-order chi connectivity index (χ0) is 15.8. The molecule has 1 atom stereocenters. The van der Waals surface area contributed by atoms with Crippen molar-refractivity contribution in [3.8, 4) is 5.75 Å². The molecule has 0 aromatic heterocycles. The molecule has 0 spiro atoms. The lowest BCUT2D eigenvalue weighted by Gasteiger charge is -2.33. The number of amides is 1. The number of anilines is 1. The summed E-state index contributed by atoms with van der Waals surface area (Å²) in [5.74, 6) is 0.228. The second-order valence-electron chi connectivity index (χ2n) is 5.48. The highest BCUT2D eigenvalue weighted by Gasteiger charge is 2.33. The number of hydrogen-bond acceptors (Lipinski definition) is 4. The van der Waals surface area contributed by atoms with Crippen LogP contribution in [0.15, 0.2) is 12.1 Å². The molecule has 0 fully saturated rings. The molecular formula is C15H21NO4S. The van der Waals surface area contributed by atoms with Crippen LogP contribution in [0.5, 0.6) is 5.75 Å². The third kappa shape index (κ3) is 2.90. The lowest BCUT2D eigenvalue weighted by atomic mass is 9.96. The number of rotatable bonds is 3. The highest BCUT2D eigenvalue weighted by Crippen LogP contribution is 2.38. The first-order chi connectivity index (χ1) is 9.77. The minimum atomic E-state index is -3.42. The lowest BCUT2D eigenvalue weighted by molar-refractivity contribution is -0.118. The monoisotopic (exact) mass is 311 g/mol. The number of ether oxygens (including phenoxy) is 1. The fourth-order valence-electron chi connectivity index (χ4n) is 2.64. The summed E-state index contributed by atoms with van der Waals surface area (Å²) < 4.78 is 28.7. The van der Waals surface area contributed by atoms with E-state index in [9.17, 15) is 13.2 Å². The van der Waals surface area contributed by atoms with Crippen LogP contribution < -0.4 is 9.64 Å². The summed E-state index contributed by atoms with van der Waals surface area (Å²) in [6.45, 7) is 3.95. The molecular weight excluding hydrogens is 290 g/mol. The van der Waals surface area contributed by atoms with E-state index in [1.165, 1.54) is 6.92 Å². The van der Waals surface area contributed by atoms with E-state index in [0.717, 1.165) is 35.9 Å². The van der Waals surface area contributed by atoms with Gasteiger partial charge in [0.25, 0.3) is 0 Å². The molecule has 0 saturated carbocycles. The van der Waals surface area contributed by atoms with Crippen molar-refractivity contribution >= 4 is 21.4 Å². The molecule has 0 N–H and O–H groups in total. The van der Waals surface area contributed by atoms with Gasteiger partial charge in [0, 0.05) is 12.8 Å². The summed E-state index contributed by atoms with van der Waals surface area (Å²) in [5.41, 5.74) is 2.88. The van der Waals surface area contributed by atoms with Crippen LogP contribution in [0.25, 0.3) is 0 Å². The molecule has 0 aliphatic carbocycles.